The molecule has 2 N–H and O–H groups in total. The molecule has 4 heterocycles. The van der Waals surface area contributed by atoms with Crippen LogP contribution < -0.4 is 10.6 Å². The lowest BCUT2D eigenvalue weighted by molar-refractivity contribution is -0.125. The number of carbonyl (C=O) groups excluding carboxylic acids is 2. The second kappa shape index (κ2) is 10.7. The fourth-order valence-corrected chi connectivity index (χ4v) is 4.61. The molecule has 2 unspecified atom stereocenters. The molecule has 0 saturated carbocycles. The van der Waals surface area contributed by atoms with Crippen molar-refractivity contribution in [1.82, 2.24) is 35.1 Å². The molecule has 0 fully saturated rings. The summed E-state index contributed by atoms with van der Waals surface area (Å²) in [6.07, 6.45) is 3.14. The van der Waals surface area contributed by atoms with Gasteiger partial charge in [-0.1, -0.05) is 29.8 Å². The summed E-state index contributed by atoms with van der Waals surface area (Å²) in [6.45, 7) is 7.62. The molecule has 39 heavy (non-hydrogen) atoms. The molecule has 0 bridgehead atoms. The largest absolute Gasteiger partial charge is 0.346 e. The first kappa shape index (κ1) is 26.2. The molecule has 10 nitrogen and oxygen atoms in total. The molecule has 11 heteroatoms. The van der Waals surface area contributed by atoms with Crippen LogP contribution in [0, 0.1) is 13.8 Å². The van der Waals surface area contributed by atoms with Crippen molar-refractivity contribution < 1.29 is 9.59 Å². The molecule has 1 aliphatic rings. The Morgan fingerprint density at radius 1 is 1.05 bits per heavy atom. The maximum Gasteiger partial charge on any atom is 0.255 e. The van der Waals surface area contributed by atoms with Crippen molar-refractivity contribution >= 4 is 35.2 Å². The highest BCUT2D eigenvalue weighted by atomic mass is 35.5. The molecule has 2 amide bonds. The molecule has 0 radical (unpaired) electrons. The normalized spacial score (nSPS) is 14.1. The molecule has 198 valence electrons. The van der Waals surface area contributed by atoms with Gasteiger partial charge in [-0.15, -0.1) is 0 Å². The molecule has 3 aromatic heterocycles. The van der Waals surface area contributed by atoms with E-state index in [1.165, 1.54) is 6.20 Å². The number of benzene rings is 1. The summed E-state index contributed by atoms with van der Waals surface area (Å²) in [5, 5.41) is 6.37. The number of amides is 2. The van der Waals surface area contributed by atoms with Gasteiger partial charge in [-0.3, -0.25) is 14.6 Å². The Balaban J connectivity index is 1.33. The Labute approximate surface area is 230 Å². The molecule has 4 aromatic rings. The summed E-state index contributed by atoms with van der Waals surface area (Å²) in [5.41, 5.74) is 4.11. The molecule has 0 aliphatic carbocycles. The molecular formula is C28H27ClN8O2. The van der Waals surface area contributed by atoms with Gasteiger partial charge in [0.25, 0.3) is 5.91 Å². The first-order valence-electron chi connectivity index (χ1n) is 12.5. The average molecular weight is 543 g/mol. The molecular weight excluding hydrogens is 516 g/mol. The fourth-order valence-electron chi connectivity index (χ4n) is 4.41. The number of carbonyl (C=O) groups is 2. The minimum Gasteiger partial charge on any atom is -0.346 e. The van der Waals surface area contributed by atoms with Crippen LogP contribution in [0.15, 0.2) is 54.9 Å². The number of pyridine rings is 1. The van der Waals surface area contributed by atoms with Gasteiger partial charge >= 0.3 is 0 Å². The van der Waals surface area contributed by atoms with E-state index in [1.807, 2.05) is 44.2 Å². The highest BCUT2D eigenvalue weighted by molar-refractivity contribution is 6.33. The van der Waals surface area contributed by atoms with Gasteiger partial charge in [0.15, 0.2) is 0 Å². The molecule has 2 atom stereocenters. The first-order chi connectivity index (χ1) is 18.7. The monoisotopic (exact) mass is 542 g/mol. The lowest BCUT2D eigenvalue weighted by atomic mass is 10.0. The van der Waals surface area contributed by atoms with Crippen molar-refractivity contribution in [3.63, 3.8) is 0 Å². The smallest absolute Gasteiger partial charge is 0.255 e. The predicted octanol–water partition coefficient (Wildman–Crippen LogP) is 4.56. The van der Waals surface area contributed by atoms with E-state index in [4.69, 9.17) is 11.6 Å². The standard InChI is InChI=1S/C28H27ClN8O2/c1-15-6-5-7-23(32-15)16(2)33-26(38)17(3)37-14-20-9-8-19(12-21(20)27(37)39)25-22(29)13-31-28(36-25)35-24-10-11-30-18(4)34-24/h5-13,16-17H,14H2,1-4H3,(H,33,38)(H,30,31,34,35,36). The third kappa shape index (κ3) is 5.56. The van der Waals surface area contributed by atoms with Crippen LogP contribution in [0.2, 0.25) is 5.02 Å². The van der Waals surface area contributed by atoms with Crippen molar-refractivity contribution in [2.45, 2.75) is 46.3 Å². The van der Waals surface area contributed by atoms with Gasteiger partial charge in [0.1, 0.15) is 17.7 Å². The Kier molecular flexibility index (Phi) is 7.21. The maximum absolute atomic E-state index is 13.4. The number of aryl methyl sites for hydroxylation is 2. The molecule has 0 spiro atoms. The molecule has 0 saturated heterocycles. The summed E-state index contributed by atoms with van der Waals surface area (Å²) < 4.78 is 0. The molecule has 1 aliphatic heterocycles. The van der Waals surface area contributed by atoms with Crippen molar-refractivity contribution in [3.8, 4) is 11.3 Å². The number of anilines is 2. The number of hydrogen-bond donors (Lipinski definition) is 2. The third-order valence-electron chi connectivity index (χ3n) is 6.53. The highest BCUT2D eigenvalue weighted by Gasteiger charge is 2.34. The van der Waals surface area contributed by atoms with Gasteiger partial charge in [-0.25, -0.2) is 19.9 Å². The zero-order valence-corrected chi connectivity index (χ0v) is 22.7. The summed E-state index contributed by atoms with van der Waals surface area (Å²) in [7, 11) is 0. The van der Waals surface area contributed by atoms with E-state index >= 15 is 0 Å². The van der Waals surface area contributed by atoms with E-state index in [1.54, 1.807) is 37.1 Å². The van der Waals surface area contributed by atoms with E-state index in [2.05, 4.69) is 35.6 Å². The topological polar surface area (TPSA) is 126 Å². The number of fused-ring (bicyclic) bond motifs is 1. The lowest BCUT2D eigenvalue weighted by Gasteiger charge is -2.25. The number of hydrogen-bond acceptors (Lipinski definition) is 8. The van der Waals surface area contributed by atoms with Crippen molar-refractivity contribution in [1.29, 1.82) is 0 Å². The van der Waals surface area contributed by atoms with Crippen LogP contribution in [0.3, 0.4) is 0 Å². The van der Waals surface area contributed by atoms with Crippen LogP contribution in [0.4, 0.5) is 11.8 Å². The van der Waals surface area contributed by atoms with Crippen LogP contribution >= 0.6 is 11.6 Å². The zero-order valence-electron chi connectivity index (χ0n) is 21.9. The number of nitrogens with zero attached hydrogens (tertiary/aromatic N) is 6. The summed E-state index contributed by atoms with van der Waals surface area (Å²) in [4.78, 5) is 49.7. The Morgan fingerprint density at radius 3 is 2.64 bits per heavy atom. The van der Waals surface area contributed by atoms with Crippen molar-refractivity contribution in [2.75, 3.05) is 5.32 Å². The van der Waals surface area contributed by atoms with Crippen LogP contribution in [0.1, 0.15) is 53.0 Å². The van der Waals surface area contributed by atoms with E-state index < -0.39 is 6.04 Å². The Morgan fingerprint density at radius 2 is 1.87 bits per heavy atom. The molecule has 5 rings (SSSR count). The fraction of sp³-hybridized carbons (Fsp3) is 0.250. The number of rotatable bonds is 7. The Bertz CT molecular complexity index is 1580. The Hall–Kier alpha value is -4.44. The highest BCUT2D eigenvalue weighted by Crippen LogP contribution is 2.32. The SMILES string of the molecule is Cc1cccc(C(C)NC(=O)C(C)N2Cc3ccc(-c4nc(Nc5ccnc(C)n5)ncc4Cl)cc3C2=O)n1. The lowest BCUT2D eigenvalue weighted by Crippen LogP contribution is -2.46. The van der Waals surface area contributed by atoms with Crippen molar-refractivity contribution in [3.05, 3.63) is 88.2 Å². The van der Waals surface area contributed by atoms with E-state index in [-0.39, 0.29) is 17.9 Å². The minimum absolute atomic E-state index is 0.226. The predicted molar refractivity (Wildman–Crippen MR) is 147 cm³/mol. The minimum atomic E-state index is -0.671. The summed E-state index contributed by atoms with van der Waals surface area (Å²) in [6, 6.07) is 11.9. The number of halogens is 1. The van der Waals surface area contributed by atoms with Gasteiger partial charge in [0, 0.05) is 29.6 Å². The van der Waals surface area contributed by atoms with Crippen LogP contribution in [-0.2, 0) is 11.3 Å². The zero-order chi connectivity index (χ0) is 27.7. The summed E-state index contributed by atoms with van der Waals surface area (Å²) in [5.74, 6) is 0.997. The second-order valence-electron chi connectivity index (χ2n) is 9.42. The summed E-state index contributed by atoms with van der Waals surface area (Å²) >= 11 is 6.44. The number of aromatic nitrogens is 5. The van der Waals surface area contributed by atoms with Crippen LogP contribution in [-0.4, -0.2) is 47.7 Å². The van der Waals surface area contributed by atoms with E-state index in [0.717, 1.165) is 17.0 Å². The van der Waals surface area contributed by atoms with E-state index in [0.29, 0.717) is 46.0 Å². The van der Waals surface area contributed by atoms with Gasteiger partial charge < -0.3 is 15.5 Å². The quantitative estimate of drug-likeness (QED) is 0.348. The van der Waals surface area contributed by atoms with E-state index in [9.17, 15) is 9.59 Å². The maximum atomic E-state index is 13.4. The van der Waals surface area contributed by atoms with Crippen LogP contribution in [0.25, 0.3) is 11.3 Å². The van der Waals surface area contributed by atoms with Gasteiger partial charge in [0.05, 0.1) is 28.6 Å². The van der Waals surface area contributed by atoms with Gasteiger partial charge in [-0.05, 0) is 57.5 Å². The van der Waals surface area contributed by atoms with Crippen molar-refractivity contribution in [2.24, 2.45) is 0 Å². The number of nitrogens with one attached hydrogen (secondary N) is 2. The second-order valence-corrected chi connectivity index (χ2v) is 9.83. The molecule has 1 aromatic carbocycles. The average Bonchev–Trinajstić information content (AvgIpc) is 3.24. The van der Waals surface area contributed by atoms with Crippen LogP contribution in [0.5, 0.6) is 0 Å². The van der Waals surface area contributed by atoms with Gasteiger partial charge in [-0.2, -0.15) is 0 Å². The third-order valence-corrected chi connectivity index (χ3v) is 6.81. The van der Waals surface area contributed by atoms with Gasteiger partial charge in [0.2, 0.25) is 11.9 Å². The first-order valence-corrected chi connectivity index (χ1v) is 12.8.